The van der Waals surface area contributed by atoms with E-state index in [2.05, 4.69) is 10.4 Å². The van der Waals surface area contributed by atoms with Gasteiger partial charge in [0.05, 0.1) is 17.4 Å². The third-order valence-electron chi connectivity index (χ3n) is 2.37. The number of hydrogen-bond acceptors (Lipinski definition) is 5. The number of nitrogens with zero attached hydrogens (tertiary/aromatic N) is 3. The van der Waals surface area contributed by atoms with Crippen molar-refractivity contribution >= 4 is 17.7 Å². The fraction of sp³-hybridized carbons (Fsp3) is 0.500. The summed E-state index contributed by atoms with van der Waals surface area (Å²) in [5.41, 5.74) is 0. The van der Waals surface area contributed by atoms with E-state index >= 15 is 0 Å². The number of aromatic nitrogens is 2. The second-order valence-corrected chi connectivity index (χ2v) is 4.26. The van der Waals surface area contributed by atoms with Gasteiger partial charge in [-0.05, 0) is 10.8 Å². The SMILES string of the molecule is CC(C)[C@@H](NC(=O)Cn1ccc([N+](=O)[O-])n1)C(=O)O. The monoisotopic (exact) mass is 270 g/mol. The van der Waals surface area contributed by atoms with Gasteiger partial charge in [-0.3, -0.25) is 4.79 Å². The van der Waals surface area contributed by atoms with E-state index in [-0.39, 0.29) is 18.3 Å². The Hall–Kier alpha value is -2.45. The summed E-state index contributed by atoms with van der Waals surface area (Å²) in [6, 6.07) is 0.155. The number of carbonyl (C=O) groups excluding carboxylic acids is 1. The lowest BCUT2D eigenvalue weighted by molar-refractivity contribution is -0.389. The van der Waals surface area contributed by atoms with E-state index < -0.39 is 22.8 Å². The molecule has 0 aliphatic rings. The molecule has 0 radical (unpaired) electrons. The lowest BCUT2D eigenvalue weighted by Crippen LogP contribution is -2.45. The van der Waals surface area contributed by atoms with Crippen LogP contribution in [0.15, 0.2) is 12.3 Å². The molecule has 19 heavy (non-hydrogen) atoms. The zero-order valence-corrected chi connectivity index (χ0v) is 10.4. The van der Waals surface area contributed by atoms with Crippen LogP contribution in [-0.2, 0) is 16.1 Å². The zero-order chi connectivity index (χ0) is 14.6. The normalized spacial score (nSPS) is 12.2. The molecule has 0 spiro atoms. The van der Waals surface area contributed by atoms with Crippen molar-refractivity contribution in [1.29, 1.82) is 0 Å². The molecule has 0 fully saturated rings. The minimum atomic E-state index is -1.13. The average molecular weight is 270 g/mol. The highest BCUT2D eigenvalue weighted by atomic mass is 16.6. The third kappa shape index (κ3) is 4.05. The Morgan fingerprint density at radius 3 is 2.63 bits per heavy atom. The van der Waals surface area contributed by atoms with E-state index in [0.29, 0.717) is 0 Å². The molecule has 104 valence electrons. The van der Waals surface area contributed by atoms with E-state index in [9.17, 15) is 19.7 Å². The number of carboxylic acids is 1. The molecule has 1 aromatic rings. The Kier molecular flexibility index (Phi) is 4.56. The van der Waals surface area contributed by atoms with Crippen LogP contribution in [0.1, 0.15) is 13.8 Å². The maximum atomic E-state index is 11.6. The maximum absolute atomic E-state index is 11.6. The number of carboxylic acid groups (broad SMARTS) is 1. The Balaban J connectivity index is 2.63. The number of amides is 1. The fourth-order valence-electron chi connectivity index (χ4n) is 1.42. The summed E-state index contributed by atoms with van der Waals surface area (Å²) in [6.45, 7) is 3.06. The first kappa shape index (κ1) is 14.6. The van der Waals surface area contributed by atoms with Gasteiger partial charge in [0.15, 0.2) is 0 Å². The van der Waals surface area contributed by atoms with Crippen LogP contribution in [-0.4, -0.2) is 37.7 Å². The first-order valence-corrected chi connectivity index (χ1v) is 5.51. The summed E-state index contributed by atoms with van der Waals surface area (Å²) in [5, 5.41) is 25.2. The summed E-state index contributed by atoms with van der Waals surface area (Å²) in [4.78, 5) is 32.2. The largest absolute Gasteiger partial charge is 0.480 e. The van der Waals surface area contributed by atoms with Gasteiger partial charge in [0.1, 0.15) is 12.6 Å². The lowest BCUT2D eigenvalue weighted by atomic mass is 10.1. The van der Waals surface area contributed by atoms with Crippen molar-refractivity contribution in [3.63, 3.8) is 0 Å². The molecule has 0 unspecified atom stereocenters. The number of hydrogen-bond donors (Lipinski definition) is 2. The van der Waals surface area contributed by atoms with E-state index in [0.717, 1.165) is 10.7 Å². The second kappa shape index (κ2) is 5.94. The molecular formula is C10H14N4O5. The van der Waals surface area contributed by atoms with Crippen LogP contribution in [0.4, 0.5) is 5.82 Å². The van der Waals surface area contributed by atoms with Crippen molar-refractivity contribution in [2.75, 3.05) is 0 Å². The molecule has 0 aliphatic carbocycles. The Morgan fingerprint density at radius 1 is 1.58 bits per heavy atom. The second-order valence-electron chi connectivity index (χ2n) is 4.26. The topological polar surface area (TPSA) is 127 Å². The number of rotatable bonds is 6. The molecule has 0 saturated carbocycles. The highest BCUT2D eigenvalue weighted by Crippen LogP contribution is 2.05. The highest BCUT2D eigenvalue weighted by molar-refractivity contribution is 5.83. The van der Waals surface area contributed by atoms with Crippen LogP contribution < -0.4 is 5.32 Å². The smallest absolute Gasteiger partial charge is 0.389 e. The summed E-state index contributed by atoms with van der Waals surface area (Å²) in [5.74, 6) is -2.34. The molecule has 0 aliphatic heterocycles. The number of nitro groups is 1. The van der Waals surface area contributed by atoms with Gasteiger partial charge in [-0.1, -0.05) is 13.8 Å². The van der Waals surface area contributed by atoms with Gasteiger partial charge in [0.2, 0.25) is 5.91 Å². The first-order valence-electron chi connectivity index (χ1n) is 5.51. The van der Waals surface area contributed by atoms with Crippen LogP contribution in [0.2, 0.25) is 0 Å². The van der Waals surface area contributed by atoms with Crippen LogP contribution in [0.25, 0.3) is 0 Å². The molecule has 0 saturated heterocycles. The van der Waals surface area contributed by atoms with Crippen molar-refractivity contribution in [3.8, 4) is 0 Å². The molecule has 0 bridgehead atoms. The van der Waals surface area contributed by atoms with E-state index in [1.165, 1.54) is 6.20 Å². The molecule has 9 nitrogen and oxygen atoms in total. The first-order chi connectivity index (χ1) is 8.81. The summed E-state index contributed by atoms with van der Waals surface area (Å²) in [7, 11) is 0. The van der Waals surface area contributed by atoms with Crippen molar-refractivity contribution in [2.45, 2.75) is 26.4 Å². The van der Waals surface area contributed by atoms with Crippen molar-refractivity contribution < 1.29 is 19.6 Å². The van der Waals surface area contributed by atoms with Gasteiger partial charge in [-0.25, -0.2) is 4.79 Å². The molecule has 1 amide bonds. The number of carbonyl (C=O) groups is 2. The van der Waals surface area contributed by atoms with Gasteiger partial charge in [0, 0.05) is 0 Å². The van der Waals surface area contributed by atoms with Crippen LogP contribution >= 0.6 is 0 Å². The average Bonchev–Trinajstić information content (AvgIpc) is 2.73. The molecule has 0 aromatic carbocycles. The molecule has 1 heterocycles. The van der Waals surface area contributed by atoms with Crippen molar-refractivity contribution in [2.24, 2.45) is 5.92 Å². The van der Waals surface area contributed by atoms with Gasteiger partial charge in [0.25, 0.3) is 0 Å². The highest BCUT2D eigenvalue weighted by Gasteiger charge is 2.24. The predicted octanol–water partition coefficient (Wildman–Crippen LogP) is 0.0167. The molecule has 1 rings (SSSR count). The number of aliphatic carboxylic acids is 1. The minimum Gasteiger partial charge on any atom is -0.480 e. The van der Waals surface area contributed by atoms with Crippen LogP contribution in [0.5, 0.6) is 0 Å². The van der Waals surface area contributed by atoms with Gasteiger partial charge in [-0.2, -0.15) is 4.68 Å². The molecule has 1 atom stereocenters. The van der Waals surface area contributed by atoms with Crippen LogP contribution in [0, 0.1) is 16.0 Å². The van der Waals surface area contributed by atoms with E-state index in [1.54, 1.807) is 13.8 Å². The standard InChI is InChI=1S/C10H14N4O5/c1-6(2)9(10(16)17)11-8(15)5-13-4-3-7(12-13)14(18)19/h3-4,6,9H,5H2,1-2H3,(H,11,15)(H,16,17)/t9-/m1/s1. The van der Waals surface area contributed by atoms with Gasteiger partial charge in [-0.15, -0.1) is 0 Å². The lowest BCUT2D eigenvalue weighted by Gasteiger charge is -2.17. The molecule has 1 aromatic heterocycles. The number of nitrogens with one attached hydrogen (secondary N) is 1. The quantitative estimate of drug-likeness (QED) is 0.554. The van der Waals surface area contributed by atoms with E-state index in [1.807, 2.05) is 0 Å². The Bertz CT molecular complexity index is 496. The third-order valence-corrected chi connectivity index (χ3v) is 2.37. The summed E-state index contributed by atoms with van der Waals surface area (Å²) in [6.07, 6.45) is 1.28. The minimum absolute atomic E-state index is 0.270. The van der Waals surface area contributed by atoms with E-state index in [4.69, 9.17) is 5.11 Å². The predicted molar refractivity (Wildman–Crippen MR) is 63.3 cm³/mol. The fourth-order valence-corrected chi connectivity index (χ4v) is 1.42. The van der Waals surface area contributed by atoms with Gasteiger partial charge >= 0.3 is 11.8 Å². The van der Waals surface area contributed by atoms with Crippen molar-refractivity contribution in [1.82, 2.24) is 15.1 Å². The summed E-state index contributed by atoms with van der Waals surface area (Å²) >= 11 is 0. The molecular weight excluding hydrogens is 256 g/mol. The molecule has 2 N–H and O–H groups in total. The van der Waals surface area contributed by atoms with Gasteiger partial charge < -0.3 is 20.5 Å². The molecule has 9 heteroatoms. The summed E-state index contributed by atoms with van der Waals surface area (Å²) < 4.78 is 1.08. The van der Waals surface area contributed by atoms with Crippen molar-refractivity contribution in [3.05, 3.63) is 22.4 Å². The Labute approximate surface area is 108 Å². The Morgan fingerprint density at radius 2 is 2.21 bits per heavy atom. The maximum Gasteiger partial charge on any atom is 0.389 e. The van der Waals surface area contributed by atoms with Crippen LogP contribution in [0.3, 0.4) is 0 Å². The zero-order valence-electron chi connectivity index (χ0n) is 10.4.